The summed E-state index contributed by atoms with van der Waals surface area (Å²) in [5.41, 5.74) is 1.24. The molecular weight excluding hydrogens is 249 g/mol. The third-order valence-electron chi connectivity index (χ3n) is 3.58. The van der Waals surface area contributed by atoms with Gasteiger partial charge in [-0.2, -0.15) is 0 Å². The molecule has 114 valence electrons. The topological polar surface area (TPSA) is 12.0 Å². The maximum atomic E-state index is 4.07. The molecule has 0 saturated carbocycles. The van der Waals surface area contributed by atoms with Crippen LogP contribution >= 0.6 is 8.58 Å². The van der Waals surface area contributed by atoms with E-state index in [4.69, 9.17) is 0 Å². The number of hydrogen-bond acceptors (Lipinski definition) is 1. The Kier molecular flexibility index (Phi) is 16.0. The Morgan fingerprint density at radius 2 is 1.42 bits per heavy atom. The number of unbranched alkanes of at least 4 members (excludes halogenated alkanes) is 9. The maximum Gasteiger partial charge on any atom is 0.0143 e. The van der Waals surface area contributed by atoms with Crippen LogP contribution in [0.3, 0.4) is 0 Å². The Labute approximate surface area is 123 Å². The van der Waals surface area contributed by atoms with E-state index >= 15 is 0 Å². The molecule has 0 bridgehead atoms. The summed E-state index contributed by atoms with van der Waals surface area (Å²) in [7, 11) is 1.05. The van der Waals surface area contributed by atoms with Crippen LogP contribution in [-0.2, 0) is 0 Å². The van der Waals surface area contributed by atoms with Crippen LogP contribution in [0.2, 0.25) is 0 Å². The van der Waals surface area contributed by atoms with Gasteiger partial charge >= 0.3 is 0 Å². The van der Waals surface area contributed by atoms with Gasteiger partial charge in [0.05, 0.1) is 0 Å². The fourth-order valence-corrected chi connectivity index (χ4v) is 2.79. The van der Waals surface area contributed by atoms with Gasteiger partial charge < -0.3 is 5.32 Å². The molecule has 0 aliphatic carbocycles. The van der Waals surface area contributed by atoms with Crippen LogP contribution in [0.1, 0.15) is 77.6 Å². The molecule has 0 spiro atoms. The third-order valence-corrected chi connectivity index (χ3v) is 4.33. The van der Waals surface area contributed by atoms with Gasteiger partial charge in [-0.3, -0.25) is 0 Å². The molecule has 0 saturated heterocycles. The van der Waals surface area contributed by atoms with Gasteiger partial charge in [0.2, 0.25) is 0 Å². The Hall–Kier alpha value is -0.0300. The molecule has 0 heterocycles. The molecule has 1 atom stereocenters. The minimum atomic E-state index is 1.05. The molecule has 0 aromatic rings. The van der Waals surface area contributed by atoms with E-state index in [1.807, 2.05) is 0 Å². The van der Waals surface area contributed by atoms with Crippen LogP contribution in [0.15, 0.2) is 12.3 Å². The van der Waals surface area contributed by atoms with Crippen LogP contribution in [0.25, 0.3) is 0 Å². The zero-order chi connectivity index (χ0) is 14.2. The number of hydrogen-bond donors (Lipinski definition) is 1. The Bertz CT molecular complexity index is 192. The maximum absolute atomic E-state index is 4.07. The molecule has 0 amide bonds. The zero-order valence-corrected chi connectivity index (χ0v) is 14.4. The van der Waals surface area contributed by atoms with Crippen LogP contribution in [-0.4, -0.2) is 19.4 Å². The van der Waals surface area contributed by atoms with Crippen molar-refractivity contribution in [2.45, 2.75) is 77.6 Å². The molecule has 0 aliphatic rings. The van der Waals surface area contributed by atoms with E-state index in [9.17, 15) is 0 Å². The summed E-state index contributed by atoms with van der Waals surface area (Å²) >= 11 is 0. The van der Waals surface area contributed by atoms with Gasteiger partial charge in [0, 0.05) is 12.2 Å². The summed E-state index contributed by atoms with van der Waals surface area (Å²) in [4.78, 5) is 0. The highest BCUT2D eigenvalue weighted by Crippen LogP contribution is 2.11. The second-order valence-electron chi connectivity index (χ2n) is 5.57. The first kappa shape index (κ1) is 19.0. The van der Waals surface area contributed by atoms with Crippen molar-refractivity contribution >= 4 is 8.58 Å². The van der Waals surface area contributed by atoms with Crippen molar-refractivity contribution in [3.8, 4) is 0 Å². The highest BCUT2D eigenvalue weighted by atomic mass is 31.1. The molecular formula is C17H36NP. The van der Waals surface area contributed by atoms with Gasteiger partial charge in [-0.05, 0) is 25.7 Å². The van der Waals surface area contributed by atoms with E-state index < -0.39 is 0 Å². The molecule has 1 N–H and O–H groups in total. The van der Waals surface area contributed by atoms with E-state index in [0.717, 1.165) is 21.5 Å². The van der Waals surface area contributed by atoms with Crippen LogP contribution < -0.4 is 5.32 Å². The van der Waals surface area contributed by atoms with E-state index in [-0.39, 0.29) is 0 Å². The Morgan fingerprint density at radius 3 is 1.95 bits per heavy atom. The Morgan fingerprint density at radius 1 is 0.895 bits per heavy atom. The molecule has 1 nitrogen and oxygen atoms in total. The lowest BCUT2D eigenvalue weighted by molar-refractivity contribution is 0.551. The van der Waals surface area contributed by atoms with Gasteiger partial charge in [0.1, 0.15) is 0 Å². The Balaban J connectivity index is 3.04. The van der Waals surface area contributed by atoms with Gasteiger partial charge in [0.25, 0.3) is 0 Å². The van der Waals surface area contributed by atoms with Gasteiger partial charge in [-0.15, -0.1) is 8.58 Å². The molecule has 0 rings (SSSR count). The lowest BCUT2D eigenvalue weighted by Gasteiger charge is -2.08. The first-order valence-electron chi connectivity index (χ1n) is 8.37. The predicted octanol–water partition coefficient (Wildman–Crippen LogP) is 5.71. The number of nitrogens with one attached hydrogen (secondary N) is 1. The van der Waals surface area contributed by atoms with E-state index in [0.29, 0.717) is 0 Å². The average Bonchev–Trinajstić information content (AvgIpc) is 2.42. The zero-order valence-electron chi connectivity index (χ0n) is 13.4. The van der Waals surface area contributed by atoms with Crippen molar-refractivity contribution in [3.05, 3.63) is 12.3 Å². The fraction of sp³-hybridized carbons (Fsp3) is 0.882. The van der Waals surface area contributed by atoms with Gasteiger partial charge in [-0.1, -0.05) is 71.3 Å². The van der Waals surface area contributed by atoms with Crippen molar-refractivity contribution < 1.29 is 0 Å². The molecule has 0 radical (unpaired) electrons. The normalized spacial score (nSPS) is 11.3. The lowest BCUT2D eigenvalue weighted by Crippen LogP contribution is -2.14. The van der Waals surface area contributed by atoms with Crippen molar-refractivity contribution in [1.82, 2.24) is 5.32 Å². The van der Waals surface area contributed by atoms with E-state index in [2.05, 4.69) is 25.5 Å². The number of allylic oxidation sites excluding steroid dienone is 1. The second-order valence-corrected chi connectivity index (χ2v) is 6.77. The van der Waals surface area contributed by atoms with Crippen LogP contribution in [0.4, 0.5) is 0 Å². The molecule has 0 aromatic carbocycles. The standard InChI is InChI=1S/C17H36NP/c1-4-5-6-7-8-9-10-11-12-13-15-18-17(2)14-16-19-3/h18-19H,2,4-16H2,1,3H3. The monoisotopic (exact) mass is 285 g/mol. The summed E-state index contributed by atoms with van der Waals surface area (Å²) in [6.07, 6.45) is 16.6. The second kappa shape index (κ2) is 16.0. The highest BCUT2D eigenvalue weighted by molar-refractivity contribution is 7.36. The molecule has 19 heavy (non-hydrogen) atoms. The smallest absolute Gasteiger partial charge is 0.0143 e. The van der Waals surface area contributed by atoms with Gasteiger partial charge in [0.15, 0.2) is 0 Å². The SMILES string of the molecule is C=C(CCPC)NCCCCCCCCCCCC. The van der Waals surface area contributed by atoms with E-state index in [1.54, 1.807) is 0 Å². The highest BCUT2D eigenvalue weighted by Gasteiger charge is 1.94. The first-order valence-corrected chi connectivity index (χ1v) is 10.1. The van der Waals surface area contributed by atoms with Gasteiger partial charge in [-0.25, -0.2) is 0 Å². The van der Waals surface area contributed by atoms with Crippen molar-refractivity contribution in [3.63, 3.8) is 0 Å². The van der Waals surface area contributed by atoms with Crippen LogP contribution in [0, 0.1) is 0 Å². The largest absolute Gasteiger partial charge is 0.389 e. The van der Waals surface area contributed by atoms with Crippen molar-refractivity contribution in [2.75, 3.05) is 19.4 Å². The minimum Gasteiger partial charge on any atom is -0.389 e. The van der Waals surface area contributed by atoms with E-state index in [1.165, 1.54) is 76.1 Å². The molecule has 0 fully saturated rings. The minimum absolute atomic E-state index is 1.05. The average molecular weight is 285 g/mol. The molecule has 2 heteroatoms. The van der Waals surface area contributed by atoms with Crippen molar-refractivity contribution in [1.29, 1.82) is 0 Å². The predicted molar refractivity (Wildman–Crippen MR) is 92.7 cm³/mol. The lowest BCUT2D eigenvalue weighted by atomic mass is 10.1. The third kappa shape index (κ3) is 15.9. The number of rotatable bonds is 15. The fourth-order valence-electron chi connectivity index (χ4n) is 2.24. The molecule has 0 aromatic heterocycles. The molecule has 1 unspecified atom stereocenters. The first-order chi connectivity index (χ1) is 9.31. The summed E-state index contributed by atoms with van der Waals surface area (Å²) in [5, 5.41) is 3.45. The summed E-state index contributed by atoms with van der Waals surface area (Å²) in [6.45, 7) is 9.74. The molecule has 0 aliphatic heterocycles. The summed E-state index contributed by atoms with van der Waals surface area (Å²) < 4.78 is 0. The summed E-state index contributed by atoms with van der Waals surface area (Å²) in [6, 6.07) is 0. The summed E-state index contributed by atoms with van der Waals surface area (Å²) in [5.74, 6) is 0. The van der Waals surface area contributed by atoms with Crippen molar-refractivity contribution in [2.24, 2.45) is 0 Å². The quantitative estimate of drug-likeness (QED) is 0.300. The van der Waals surface area contributed by atoms with Crippen LogP contribution in [0.5, 0.6) is 0 Å².